The maximum absolute atomic E-state index is 13.2. The van der Waals surface area contributed by atoms with E-state index in [1.807, 2.05) is 17.5 Å². The van der Waals surface area contributed by atoms with Crippen LogP contribution in [0.5, 0.6) is 0 Å². The van der Waals surface area contributed by atoms with Crippen LogP contribution in [0.2, 0.25) is 0 Å². The van der Waals surface area contributed by atoms with Crippen LogP contribution in [0, 0.1) is 5.82 Å². The van der Waals surface area contributed by atoms with Crippen molar-refractivity contribution in [2.24, 2.45) is 0 Å². The van der Waals surface area contributed by atoms with Crippen LogP contribution in [-0.2, 0) is 4.79 Å². The van der Waals surface area contributed by atoms with Gasteiger partial charge in [0.1, 0.15) is 12.1 Å². The third kappa shape index (κ3) is 4.33. The van der Waals surface area contributed by atoms with Gasteiger partial charge in [0, 0.05) is 4.88 Å². The van der Waals surface area contributed by atoms with E-state index in [1.54, 1.807) is 12.1 Å². The molecule has 25 heavy (non-hydrogen) atoms. The van der Waals surface area contributed by atoms with Crippen LogP contribution in [-0.4, -0.2) is 18.4 Å². The van der Waals surface area contributed by atoms with Gasteiger partial charge in [-0.05, 0) is 35.2 Å². The molecule has 7 heteroatoms. The highest BCUT2D eigenvalue weighted by Crippen LogP contribution is 2.26. The number of halogens is 1. The Morgan fingerprint density at radius 1 is 1.16 bits per heavy atom. The number of furan rings is 1. The lowest BCUT2D eigenvalue weighted by atomic mass is 10.1. The number of hydrogen-bond acceptors (Lipinski definition) is 4. The van der Waals surface area contributed by atoms with Gasteiger partial charge in [0.25, 0.3) is 5.91 Å². The Hall–Kier alpha value is -2.93. The second kappa shape index (κ2) is 7.76. The Bertz CT molecular complexity index is 830. The standard InChI is InChI=1S/C18H15FN2O3S/c19-14-5-3-12(4-6-14)17(15-2-1-9-25-15)21-16(22)10-20-18(23)13-7-8-24-11-13/h1-9,11,17H,10H2,(H,20,23)(H,21,22). The predicted molar refractivity (Wildman–Crippen MR) is 91.7 cm³/mol. The average Bonchev–Trinajstić information content (AvgIpc) is 3.31. The molecule has 1 unspecified atom stereocenters. The summed E-state index contributed by atoms with van der Waals surface area (Å²) in [6.07, 6.45) is 2.69. The number of thiophene rings is 1. The summed E-state index contributed by atoms with van der Waals surface area (Å²) in [6.45, 7) is -0.174. The predicted octanol–water partition coefficient (Wildman–Crippen LogP) is 3.12. The van der Waals surface area contributed by atoms with E-state index in [4.69, 9.17) is 4.42 Å². The fourth-order valence-electron chi connectivity index (χ4n) is 2.30. The molecule has 0 radical (unpaired) electrons. The molecule has 0 bridgehead atoms. The maximum Gasteiger partial charge on any atom is 0.254 e. The summed E-state index contributed by atoms with van der Waals surface area (Å²) >= 11 is 1.49. The molecule has 0 aliphatic carbocycles. The average molecular weight is 358 g/mol. The van der Waals surface area contributed by atoms with Crippen molar-refractivity contribution in [3.05, 3.63) is 82.2 Å². The van der Waals surface area contributed by atoms with Crippen molar-refractivity contribution in [2.45, 2.75) is 6.04 Å². The Labute approximate surface area is 147 Å². The van der Waals surface area contributed by atoms with E-state index in [2.05, 4.69) is 10.6 Å². The molecule has 0 aliphatic rings. The van der Waals surface area contributed by atoms with Gasteiger partial charge in [-0.25, -0.2) is 4.39 Å². The van der Waals surface area contributed by atoms with Crippen LogP contribution < -0.4 is 10.6 Å². The molecule has 5 nitrogen and oxygen atoms in total. The van der Waals surface area contributed by atoms with Crippen molar-refractivity contribution in [2.75, 3.05) is 6.54 Å². The minimum atomic E-state index is -0.404. The van der Waals surface area contributed by atoms with E-state index in [0.29, 0.717) is 5.56 Å². The first-order valence-corrected chi connectivity index (χ1v) is 8.40. The van der Waals surface area contributed by atoms with E-state index in [1.165, 1.54) is 42.1 Å². The largest absolute Gasteiger partial charge is 0.472 e. The number of carbonyl (C=O) groups excluding carboxylic acids is 2. The molecule has 0 spiro atoms. The van der Waals surface area contributed by atoms with E-state index in [-0.39, 0.29) is 18.3 Å². The van der Waals surface area contributed by atoms with Gasteiger partial charge in [-0.2, -0.15) is 0 Å². The summed E-state index contributed by atoms with van der Waals surface area (Å²) in [6, 6.07) is 10.8. The van der Waals surface area contributed by atoms with Crippen LogP contribution >= 0.6 is 11.3 Å². The first kappa shape index (κ1) is 16.9. The molecular formula is C18H15FN2O3S. The van der Waals surface area contributed by atoms with Crippen LogP contribution in [0.25, 0.3) is 0 Å². The van der Waals surface area contributed by atoms with Gasteiger partial charge in [-0.15, -0.1) is 11.3 Å². The maximum atomic E-state index is 13.2. The molecule has 0 saturated carbocycles. The minimum absolute atomic E-state index is 0.174. The van der Waals surface area contributed by atoms with E-state index >= 15 is 0 Å². The molecule has 3 aromatic rings. The molecule has 2 N–H and O–H groups in total. The number of hydrogen-bond donors (Lipinski definition) is 2. The van der Waals surface area contributed by atoms with Crippen LogP contribution in [0.4, 0.5) is 4.39 Å². The van der Waals surface area contributed by atoms with Crippen LogP contribution in [0.3, 0.4) is 0 Å². The minimum Gasteiger partial charge on any atom is -0.472 e. The second-order valence-corrected chi connectivity index (χ2v) is 6.24. The first-order chi connectivity index (χ1) is 12.1. The van der Waals surface area contributed by atoms with Gasteiger partial charge in [-0.1, -0.05) is 18.2 Å². The molecule has 0 fully saturated rings. The monoisotopic (exact) mass is 358 g/mol. The Morgan fingerprint density at radius 2 is 1.96 bits per heavy atom. The summed E-state index contributed by atoms with van der Waals surface area (Å²) in [5.74, 6) is -1.08. The first-order valence-electron chi connectivity index (χ1n) is 7.52. The molecule has 1 aromatic carbocycles. The zero-order valence-electron chi connectivity index (χ0n) is 13.1. The molecule has 2 amide bonds. The highest BCUT2D eigenvalue weighted by Gasteiger charge is 2.18. The topological polar surface area (TPSA) is 71.3 Å². The number of carbonyl (C=O) groups is 2. The van der Waals surface area contributed by atoms with E-state index < -0.39 is 11.9 Å². The van der Waals surface area contributed by atoms with Gasteiger partial charge in [-0.3, -0.25) is 9.59 Å². The van der Waals surface area contributed by atoms with Crippen LogP contribution in [0.1, 0.15) is 26.8 Å². The number of nitrogens with one attached hydrogen (secondary N) is 2. The summed E-state index contributed by atoms with van der Waals surface area (Å²) in [5, 5.41) is 7.30. The molecule has 0 aliphatic heterocycles. The van der Waals surface area contributed by atoms with Crippen molar-refractivity contribution in [1.29, 1.82) is 0 Å². The van der Waals surface area contributed by atoms with Crippen molar-refractivity contribution >= 4 is 23.2 Å². The van der Waals surface area contributed by atoms with Gasteiger partial charge < -0.3 is 15.1 Å². The fourth-order valence-corrected chi connectivity index (χ4v) is 3.10. The molecule has 3 rings (SSSR count). The van der Waals surface area contributed by atoms with Gasteiger partial charge >= 0.3 is 0 Å². The SMILES string of the molecule is O=C(CNC(=O)c1ccoc1)NC(c1ccc(F)cc1)c1cccs1. The third-order valence-corrected chi connectivity index (χ3v) is 4.47. The summed E-state index contributed by atoms with van der Waals surface area (Å²) in [7, 11) is 0. The lowest BCUT2D eigenvalue weighted by molar-refractivity contribution is -0.120. The van der Waals surface area contributed by atoms with Gasteiger partial charge in [0.05, 0.1) is 24.4 Å². The zero-order chi connectivity index (χ0) is 17.6. The number of rotatable bonds is 6. The molecule has 2 aromatic heterocycles. The molecule has 1 atom stereocenters. The fraction of sp³-hybridized carbons (Fsp3) is 0.111. The van der Waals surface area contributed by atoms with Gasteiger partial charge in [0.15, 0.2) is 0 Å². The van der Waals surface area contributed by atoms with E-state index in [0.717, 1.165) is 10.4 Å². The zero-order valence-corrected chi connectivity index (χ0v) is 13.9. The van der Waals surface area contributed by atoms with Crippen molar-refractivity contribution in [1.82, 2.24) is 10.6 Å². The van der Waals surface area contributed by atoms with Crippen molar-refractivity contribution in [3.63, 3.8) is 0 Å². The van der Waals surface area contributed by atoms with Crippen LogP contribution in [0.15, 0.2) is 64.8 Å². The molecular weight excluding hydrogens is 343 g/mol. The third-order valence-electron chi connectivity index (χ3n) is 3.53. The molecule has 128 valence electrons. The van der Waals surface area contributed by atoms with Gasteiger partial charge in [0.2, 0.25) is 5.91 Å². The van der Waals surface area contributed by atoms with Crippen molar-refractivity contribution in [3.8, 4) is 0 Å². The summed E-state index contributed by atoms with van der Waals surface area (Å²) in [5.41, 5.74) is 1.11. The highest BCUT2D eigenvalue weighted by atomic mass is 32.1. The Balaban J connectivity index is 1.67. The summed E-state index contributed by atoms with van der Waals surface area (Å²) in [4.78, 5) is 25.0. The number of benzene rings is 1. The lowest BCUT2D eigenvalue weighted by Gasteiger charge is -2.18. The Morgan fingerprint density at radius 3 is 2.60 bits per heavy atom. The lowest BCUT2D eigenvalue weighted by Crippen LogP contribution is -2.38. The Kier molecular flexibility index (Phi) is 5.25. The quantitative estimate of drug-likeness (QED) is 0.711. The highest BCUT2D eigenvalue weighted by molar-refractivity contribution is 7.10. The van der Waals surface area contributed by atoms with Crippen molar-refractivity contribution < 1.29 is 18.4 Å². The smallest absolute Gasteiger partial charge is 0.254 e. The second-order valence-electron chi connectivity index (χ2n) is 5.26. The summed E-state index contributed by atoms with van der Waals surface area (Å²) < 4.78 is 18.0. The normalized spacial score (nSPS) is 11.7. The molecule has 2 heterocycles. The number of amides is 2. The van der Waals surface area contributed by atoms with E-state index in [9.17, 15) is 14.0 Å². The molecule has 0 saturated heterocycles.